The molecule has 2 aromatic heterocycles. The molecular formula is C16H15N5OS. The molecule has 6 nitrogen and oxygen atoms in total. The zero-order valence-corrected chi connectivity index (χ0v) is 13.3. The number of nitrogens with one attached hydrogen (secondary N) is 1. The zero-order chi connectivity index (χ0) is 16.1. The first-order chi connectivity index (χ1) is 11.3. The van der Waals surface area contributed by atoms with E-state index >= 15 is 0 Å². The van der Waals surface area contributed by atoms with Crippen molar-refractivity contribution in [2.45, 2.75) is 6.92 Å². The molecule has 3 aromatic rings. The van der Waals surface area contributed by atoms with Crippen LogP contribution >= 0.6 is 12.2 Å². The minimum atomic E-state index is 0.418. The fourth-order valence-corrected chi connectivity index (χ4v) is 2.23. The van der Waals surface area contributed by atoms with Gasteiger partial charge in [0.2, 0.25) is 4.77 Å². The molecule has 116 valence electrons. The van der Waals surface area contributed by atoms with Gasteiger partial charge in [0.25, 0.3) is 0 Å². The second-order valence-corrected chi connectivity index (χ2v) is 5.04. The van der Waals surface area contributed by atoms with Crippen LogP contribution in [-0.2, 0) is 0 Å². The van der Waals surface area contributed by atoms with E-state index in [0.29, 0.717) is 17.2 Å². The van der Waals surface area contributed by atoms with E-state index in [2.05, 4.69) is 20.3 Å². The van der Waals surface area contributed by atoms with Gasteiger partial charge in [0.15, 0.2) is 5.82 Å². The summed E-state index contributed by atoms with van der Waals surface area (Å²) in [6.45, 7) is 2.55. The van der Waals surface area contributed by atoms with Crippen LogP contribution in [0.3, 0.4) is 0 Å². The van der Waals surface area contributed by atoms with Gasteiger partial charge in [-0.2, -0.15) is 14.9 Å². The number of ether oxygens (including phenoxy) is 1. The van der Waals surface area contributed by atoms with Crippen molar-refractivity contribution in [1.82, 2.24) is 19.9 Å². The number of hydrogen-bond donors (Lipinski definition) is 1. The van der Waals surface area contributed by atoms with Crippen LogP contribution in [0.15, 0.2) is 53.9 Å². The lowest BCUT2D eigenvalue weighted by Gasteiger charge is -2.05. The summed E-state index contributed by atoms with van der Waals surface area (Å²) >= 11 is 5.26. The third-order valence-electron chi connectivity index (χ3n) is 3.06. The minimum Gasteiger partial charge on any atom is -0.494 e. The predicted molar refractivity (Wildman–Crippen MR) is 91.2 cm³/mol. The van der Waals surface area contributed by atoms with Gasteiger partial charge in [-0.15, -0.1) is 0 Å². The van der Waals surface area contributed by atoms with Crippen molar-refractivity contribution < 1.29 is 4.74 Å². The molecule has 0 atom stereocenters. The normalized spacial score (nSPS) is 11.0. The summed E-state index contributed by atoms with van der Waals surface area (Å²) in [6, 6.07) is 11.4. The molecule has 23 heavy (non-hydrogen) atoms. The fourth-order valence-electron chi connectivity index (χ4n) is 2.05. The maximum atomic E-state index is 5.52. The average Bonchev–Trinajstić information content (AvgIpc) is 2.95. The number of H-pyrrole nitrogens is 1. The smallest absolute Gasteiger partial charge is 0.216 e. The molecule has 0 bridgehead atoms. The van der Waals surface area contributed by atoms with Crippen molar-refractivity contribution in [2.24, 2.45) is 5.10 Å². The number of benzene rings is 1. The molecule has 0 saturated heterocycles. The van der Waals surface area contributed by atoms with Crippen molar-refractivity contribution in [3.8, 4) is 17.1 Å². The van der Waals surface area contributed by atoms with Crippen molar-refractivity contribution in [3.05, 3.63) is 59.1 Å². The summed E-state index contributed by atoms with van der Waals surface area (Å²) in [4.78, 5) is 4.05. The Balaban J connectivity index is 1.97. The van der Waals surface area contributed by atoms with E-state index in [9.17, 15) is 0 Å². The number of aromatic amines is 1. The maximum Gasteiger partial charge on any atom is 0.216 e. The van der Waals surface area contributed by atoms with E-state index in [1.807, 2.05) is 43.3 Å². The molecule has 0 aliphatic heterocycles. The summed E-state index contributed by atoms with van der Waals surface area (Å²) in [5.41, 5.74) is 1.75. The second kappa shape index (κ2) is 6.97. The van der Waals surface area contributed by atoms with Crippen molar-refractivity contribution in [1.29, 1.82) is 0 Å². The van der Waals surface area contributed by atoms with Gasteiger partial charge >= 0.3 is 0 Å². The van der Waals surface area contributed by atoms with Gasteiger partial charge in [0.1, 0.15) is 5.75 Å². The number of pyridine rings is 1. The van der Waals surface area contributed by atoms with Gasteiger partial charge in [-0.1, -0.05) is 18.2 Å². The van der Waals surface area contributed by atoms with Gasteiger partial charge in [-0.3, -0.25) is 4.98 Å². The minimum absolute atomic E-state index is 0.418. The molecule has 0 saturated carbocycles. The topological polar surface area (TPSA) is 68.1 Å². The van der Waals surface area contributed by atoms with Crippen LogP contribution < -0.4 is 4.74 Å². The Morgan fingerprint density at radius 2 is 2.26 bits per heavy atom. The molecular weight excluding hydrogens is 310 g/mol. The van der Waals surface area contributed by atoms with E-state index in [1.165, 1.54) is 0 Å². The van der Waals surface area contributed by atoms with E-state index < -0.39 is 0 Å². The first-order valence-corrected chi connectivity index (χ1v) is 7.54. The molecule has 0 aliphatic rings. The third kappa shape index (κ3) is 3.51. The molecule has 0 radical (unpaired) electrons. The van der Waals surface area contributed by atoms with Crippen molar-refractivity contribution in [3.63, 3.8) is 0 Å². The highest BCUT2D eigenvalue weighted by Gasteiger charge is 2.09. The second-order valence-electron chi connectivity index (χ2n) is 4.66. The lowest BCUT2D eigenvalue weighted by molar-refractivity contribution is 0.340. The number of hydrogen-bond acceptors (Lipinski definition) is 5. The van der Waals surface area contributed by atoms with Crippen LogP contribution in [0.25, 0.3) is 11.4 Å². The van der Waals surface area contributed by atoms with Gasteiger partial charge in [0.05, 0.1) is 12.8 Å². The van der Waals surface area contributed by atoms with Crippen LogP contribution in [0.4, 0.5) is 0 Å². The van der Waals surface area contributed by atoms with Crippen molar-refractivity contribution >= 4 is 18.4 Å². The van der Waals surface area contributed by atoms with Gasteiger partial charge in [0, 0.05) is 23.5 Å². The standard InChI is InChI=1S/C16H15N5OS/c1-2-22-14-7-3-6-13(9-14)15-19-20-16(23)21(15)18-11-12-5-4-8-17-10-12/h3-11H,2H2,1H3,(H,20,23)/b18-11-. The predicted octanol–water partition coefficient (Wildman–Crippen LogP) is 3.28. The monoisotopic (exact) mass is 325 g/mol. The number of nitrogens with zero attached hydrogens (tertiary/aromatic N) is 4. The zero-order valence-electron chi connectivity index (χ0n) is 12.5. The molecule has 2 heterocycles. The first-order valence-electron chi connectivity index (χ1n) is 7.13. The largest absolute Gasteiger partial charge is 0.494 e. The maximum absolute atomic E-state index is 5.52. The Morgan fingerprint density at radius 1 is 1.35 bits per heavy atom. The van der Waals surface area contributed by atoms with E-state index in [4.69, 9.17) is 17.0 Å². The molecule has 0 unspecified atom stereocenters. The molecule has 1 N–H and O–H groups in total. The molecule has 0 spiro atoms. The Hall–Kier alpha value is -2.80. The molecule has 0 fully saturated rings. The Bertz CT molecular complexity index is 869. The molecule has 0 amide bonds. The van der Waals surface area contributed by atoms with Crippen LogP contribution in [-0.4, -0.2) is 32.7 Å². The van der Waals surface area contributed by atoms with E-state index in [1.54, 1.807) is 23.3 Å². The highest BCUT2D eigenvalue weighted by molar-refractivity contribution is 7.71. The van der Waals surface area contributed by atoms with Gasteiger partial charge < -0.3 is 4.74 Å². The molecule has 0 aliphatic carbocycles. The number of rotatable bonds is 5. The quantitative estimate of drug-likeness (QED) is 0.577. The summed E-state index contributed by atoms with van der Waals surface area (Å²) in [7, 11) is 0. The van der Waals surface area contributed by atoms with Crippen LogP contribution in [0.5, 0.6) is 5.75 Å². The Labute approximate surface area is 138 Å². The highest BCUT2D eigenvalue weighted by Crippen LogP contribution is 2.22. The first kappa shape index (κ1) is 15.1. The lowest BCUT2D eigenvalue weighted by Crippen LogP contribution is -1.96. The summed E-state index contributed by atoms with van der Waals surface area (Å²) in [5.74, 6) is 1.40. The summed E-state index contributed by atoms with van der Waals surface area (Å²) in [6.07, 6.45) is 5.13. The van der Waals surface area contributed by atoms with Crippen LogP contribution in [0, 0.1) is 4.77 Å². The SMILES string of the molecule is CCOc1cccc(-c2n[nH]c(=S)n2/N=C\c2cccnc2)c1. The summed E-state index contributed by atoms with van der Waals surface area (Å²) < 4.78 is 7.52. The van der Waals surface area contributed by atoms with Crippen LogP contribution in [0.2, 0.25) is 0 Å². The summed E-state index contributed by atoms with van der Waals surface area (Å²) in [5, 5.41) is 11.4. The molecule has 1 aromatic carbocycles. The third-order valence-corrected chi connectivity index (χ3v) is 3.32. The highest BCUT2D eigenvalue weighted by atomic mass is 32.1. The number of aromatic nitrogens is 4. The molecule has 7 heteroatoms. The molecule has 3 rings (SSSR count). The van der Waals surface area contributed by atoms with E-state index in [-0.39, 0.29) is 0 Å². The fraction of sp³-hybridized carbons (Fsp3) is 0.125. The van der Waals surface area contributed by atoms with Gasteiger partial charge in [-0.05, 0) is 37.3 Å². The van der Waals surface area contributed by atoms with Crippen molar-refractivity contribution in [2.75, 3.05) is 6.61 Å². The lowest BCUT2D eigenvalue weighted by atomic mass is 10.2. The van der Waals surface area contributed by atoms with Gasteiger partial charge in [-0.25, -0.2) is 5.10 Å². The van der Waals surface area contributed by atoms with Crippen LogP contribution in [0.1, 0.15) is 12.5 Å². The van der Waals surface area contributed by atoms with E-state index in [0.717, 1.165) is 16.9 Å². The Morgan fingerprint density at radius 3 is 3.04 bits per heavy atom. The average molecular weight is 325 g/mol. The Kier molecular flexibility index (Phi) is 4.58.